The highest BCUT2D eigenvalue weighted by atomic mass is 32.2. The second-order valence-electron chi connectivity index (χ2n) is 7.45. The normalized spacial score (nSPS) is 11.0. The van der Waals surface area contributed by atoms with Gasteiger partial charge in [0.2, 0.25) is 0 Å². The molecule has 0 aliphatic carbocycles. The van der Waals surface area contributed by atoms with Crippen LogP contribution < -0.4 is 15.4 Å². The van der Waals surface area contributed by atoms with Crippen LogP contribution in [0.3, 0.4) is 0 Å². The number of anilines is 2. The van der Waals surface area contributed by atoms with Crippen molar-refractivity contribution < 1.29 is 26.8 Å². The van der Waals surface area contributed by atoms with E-state index in [-0.39, 0.29) is 34.7 Å². The van der Waals surface area contributed by atoms with Crippen molar-refractivity contribution in [2.24, 2.45) is 0 Å². The Bertz CT molecular complexity index is 1440. The number of hydrogen-bond acceptors (Lipinski definition) is 5. The lowest BCUT2D eigenvalue weighted by Gasteiger charge is -2.10. The largest absolute Gasteiger partial charge is 0.459 e. The number of rotatable bonds is 8. The van der Waals surface area contributed by atoms with Crippen LogP contribution >= 0.6 is 0 Å². The number of furan rings is 1. The molecule has 0 unspecified atom stereocenters. The number of amides is 2. The molecule has 0 radical (unpaired) electrons. The Morgan fingerprint density at radius 1 is 0.829 bits per heavy atom. The summed E-state index contributed by atoms with van der Waals surface area (Å²) in [5.41, 5.74) is 1.90. The molecule has 0 aliphatic heterocycles. The summed E-state index contributed by atoms with van der Waals surface area (Å²) in [6.07, 6.45) is 1.41. The van der Waals surface area contributed by atoms with Crippen LogP contribution in [0.15, 0.2) is 101 Å². The zero-order valence-electron chi connectivity index (χ0n) is 18.2. The van der Waals surface area contributed by atoms with Gasteiger partial charge in [-0.05, 0) is 78.4 Å². The highest BCUT2D eigenvalue weighted by Crippen LogP contribution is 2.18. The van der Waals surface area contributed by atoms with Crippen molar-refractivity contribution in [3.05, 3.63) is 114 Å². The first-order valence-corrected chi connectivity index (χ1v) is 11.9. The van der Waals surface area contributed by atoms with Gasteiger partial charge in [0.05, 0.1) is 11.2 Å². The Balaban J connectivity index is 1.34. The van der Waals surface area contributed by atoms with E-state index in [1.807, 2.05) is 0 Å². The van der Waals surface area contributed by atoms with Crippen LogP contribution in [0, 0.1) is 5.82 Å². The van der Waals surface area contributed by atoms with Gasteiger partial charge in [0, 0.05) is 23.5 Å². The Kier molecular flexibility index (Phi) is 6.93. The first-order chi connectivity index (χ1) is 16.8. The Hall–Kier alpha value is -4.44. The molecule has 8 nitrogen and oxygen atoms in total. The van der Waals surface area contributed by atoms with Crippen LogP contribution in [0.2, 0.25) is 0 Å². The lowest BCUT2D eigenvalue weighted by atomic mass is 10.1. The number of halogens is 1. The van der Waals surface area contributed by atoms with Gasteiger partial charge in [-0.15, -0.1) is 0 Å². The van der Waals surface area contributed by atoms with Crippen LogP contribution in [-0.4, -0.2) is 20.2 Å². The predicted molar refractivity (Wildman–Crippen MR) is 128 cm³/mol. The lowest BCUT2D eigenvalue weighted by Crippen LogP contribution is -2.23. The summed E-state index contributed by atoms with van der Waals surface area (Å²) in [5, 5.41) is 5.50. The van der Waals surface area contributed by atoms with Gasteiger partial charge in [-0.25, -0.2) is 12.8 Å². The molecule has 10 heteroatoms. The highest BCUT2D eigenvalue weighted by molar-refractivity contribution is 7.92. The molecule has 0 saturated heterocycles. The van der Waals surface area contributed by atoms with E-state index < -0.39 is 15.8 Å². The van der Waals surface area contributed by atoms with Crippen molar-refractivity contribution in [3.8, 4) is 0 Å². The molecular weight excluding hydrogens is 473 g/mol. The second-order valence-corrected chi connectivity index (χ2v) is 9.13. The van der Waals surface area contributed by atoms with E-state index in [1.165, 1.54) is 30.5 Å². The maximum absolute atomic E-state index is 13.0. The van der Waals surface area contributed by atoms with Gasteiger partial charge in [0.15, 0.2) is 5.76 Å². The number of carbonyl (C=O) groups is 2. The summed E-state index contributed by atoms with van der Waals surface area (Å²) >= 11 is 0. The number of benzene rings is 3. The van der Waals surface area contributed by atoms with Crippen LogP contribution in [0.5, 0.6) is 0 Å². The van der Waals surface area contributed by atoms with E-state index in [0.29, 0.717) is 11.3 Å². The van der Waals surface area contributed by atoms with Gasteiger partial charge in [-0.1, -0.05) is 12.1 Å². The maximum atomic E-state index is 13.0. The van der Waals surface area contributed by atoms with Gasteiger partial charge in [0.1, 0.15) is 5.82 Å². The Labute approximate surface area is 200 Å². The smallest absolute Gasteiger partial charge is 0.291 e. The minimum absolute atomic E-state index is 0.0803. The molecule has 3 N–H and O–H groups in total. The van der Waals surface area contributed by atoms with Crippen LogP contribution in [0.25, 0.3) is 0 Å². The molecule has 3 aromatic carbocycles. The van der Waals surface area contributed by atoms with Crippen molar-refractivity contribution in [1.29, 1.82) is 0 Å². The molecule has 1 heterocycles. The third-order valence-corrected chi connectivity index (χ3v) is 6.30. The summed E-state index contributed by atoms with van der Waals surface area (Å²) in [6, 6.07) is 20.5. The second kappa shape index (κ2) is 10.2. The van der Waals surface area contributed by atoms with Gasteiger partial charge in [0.25, 0.3) is 21.8 Å². The molecule has 0 saturated carbocycles. The molecule has 0 aliphatic rings. The summed E-state index contributed by atoms with van der Waals surface area (Å²) < 4.78 is 45.3. The van der Waals surface area contributed by atoms with Crippen molar-refractivity contribution in [2.45, 2.75) is 11.4 Å². The minimum atomic E-state index is -3.89. The lowest BCUT2D eigenvalue weighted by molar-refractivity contribution is 0.0949. The van der Waals surface area contributed by atoms with Gasteiger partial charge in [-0.3, -0.25) is 14.3 Å². The molecule has 0 spiro atoms. The third-order valence-electron chi connectivity index (χ3n) is 4.91. The van der Waals surface area contributed by atoms with Gasteiger partial charge < -0.3 is 15.1 Å². The minimum Gasteiger partial charge on any atom is -0.459 e. The number of hydrogen-bond donors (Lipinski definition) is 3. The van der Waals surface area contributed by atoms with Crippen molar-refractivity contribution in [3.63, 3.8) is 0 Å². The number of sulfonamides is 1. The molecule has 2 amide bonds. The first kappa shape index (κ1) is 23.7. The van der Waals surface area contributed by atoms with E-state index >= 15 is 0 Å². The van der Waals surface area contributed by atoms with Gasteiger partial charge in [-0.2, -0.15) is 0 Å². The fourth-order valence-corrected chi connectivity index (χ4v) is 4.22. The average Bonchev–Trinajstić information content (AvgIpc) is 3.39. The zero-order chi connectivity index (χ0) is 24.8. The summed E-state index contributed by atoms with van der Waals surface area (Å²) in [4.78, 5) is 24.6. The summed E-state index contributed by atoms with van der Waals surface area (Å²) in [6.45, 7) is 0.211. The fraction of sp³-hybridized carbons (Fsp3) is 0.0400. The number of carbonyl (C=O) groups excluding carboxylic acids is 2. The quantitative estimate of drug-likeness (QED) is 0.336. The topological polar surface area (TPSA) is 118 Å². The highest BCUT2D eigenvalue weighted by Gasteiger charge is 2.15. The van der Waals surface area contributed by atoms with Crippen LogP contribution in [-0.2, 0) is 16.6 Å². The van der Waals surface area contributed by atoms with Crippen molar-refractivity contribution in [1.82, 2.24) is 5.32 Å². The standard InChI is InChI=1S/C25H20FN3O5S/c26-19-8-12-22(13-9-19)35(32,33)29-20-10-6-18(7-11-20)24(30)27-16-17-3-1-4-21(15-17)28-25(31)23-5-2-14-34-23/h1-15,29H,16H2,(H,27,30)(H,28,31). The van der Waals surface area contributed by atoms with Gasteiger partial charge >= 0.3 is 0 Å². The first-order valence-electron chi connectivity index (χ1n) is 10.4. The van der Waals surface area contributed by atoms with Crippen molar-refractivity contribution >= 4 is 33.2 Å². The molecule has 4 aromatic rings. The summed E-state index contributed by atoms with van der Waals surface area (Å²) in [7, 11) is -3.89. The van der Waals surface area contributed by atoms with E-state index in [0.717, 1.165) is 29.8 Å². The maximum Gasteiger partial charge on any atom is 0.291 e. The zero-order valence-corrected chi connectivity index (χ0v) is 19.0. The molecule has 0 bridgehead atoms. The monoisotopic (exact) mass is 493 g/mol. The van der Waals surface area contributed by atoms with E-state index in [4.69, 9.17) is 4.42 Å². The predicted octanol–water partition coefficient (Wildman–Crippen LogP) is 4.40. The molecule has 0 atom stereocenters. The Morgan fingerprint density at radius 3 is 2.26 bits per heavy atom. The average molecular weight is 494 g/mol. The van der Waals surface area contributed by atoms with Crippen LogP contribution in [0.4, 0.5) is 15.8 Å². The molecule has 1 aromatic heterocycles. The van der Waals surface area contributed by atoms with Crippen molar-refractivity contribution in [2.75, 3.05) is 10.0 Å². The molecule has 178 valence electrons. The van der Waals surface area contributed by atoms with E-state index in [1.54, 1.807) is 36.4 Å². The SMILES string of the molecule is O=C(NCc1cccc(NC(=O)c2ccco2)c1)c1ccc(NS(=O)(=O)c2ccc(F)cc2)cc1. The molecule has 4 rings (SSSR count). The van der Waals surface area contributed by atoms with E-state index in [9.17, 15) is 22.4 Å². The number of nitrogens with one attached hydrogen (secondary N) is 3. The Morgan fingerprint density at radius 2 is 1.57 bits per heavy atom. The third kappa shape index (κ3) is 6.12. The molecule has 0 fully saturated rings. The molecular formula is C25H20FN3O5S. The van der Waals surface area contributed by atoms with Crippen LogP contribution in [0.1, 0.15) is 26.5 Å². The summed E-state index contributed by atoms with van der Waals surface area (Å²) in [5.74, 6) is -1.09. The molecule has 35 heavy (non-hydrogen) atoms. The van der Waals surface area contributed by atoms with E-state index in [2.05, 4.69) is 15.4 Å². The fourth-order valence-electron chi connectivity index (χ4n) is 3.16.